The van der Waals surface area contributed by atoms with Crippen LogP contribution in [0.1, 0.15) is 24.0 Å². The maximum absolute atomic E-state index is 12.8. The zero-order valence-corrected chi connectivity index (χ0v) is 18.5. The molecule has 0 saturated carbocycles. The lowest BCUT2D eigenvalue weighted by atomic mass is 9.97. The number of hydrogen-bond donors (Lipinski definition) is 2. The Bertz CT molecular complexity index is 1040. The molecule has 166 valence electrons. The molecule has 1 aromatic heterocycles. The van der Waals surface area contributed by atoms with Gasteiger partial charge in [0.15, 0.2) is 0 Å². The fourth-order valence-electron chi connectivity index (χ4n) is 3.83. The van der Waals surface area contributed by atoms with Gasteiger partial charge in [-0.05, 0) is 55.7 Å². The molecule has 0 aliphatic carbocycles. The molecule has 1 fully saturated rings. The van der Waals surface area contributed by atoms with E-state index in [1.165, 1.54) is 5.56 Å². The molecule has 1 aliphatic rings. The third-order valence-electron chi connectivity index (χ3n) is 5.69. The van der Waals surface area contributed by atoms with Gasteiger partial charge in [0.2, 0.25) is 11.9 Å². The highest BCUT2D eigenvalue weighted by atomic mass is 16.5. The number of nitrogens with zero attached hydrogens (tertiary/aromatic N) is 3. The zero-order chi connectivity index (χ0) is 22.3. The normalized spacial score (nSPS) is 15.8. The number of carbonyl (C=O) groups excluding carboxylic acids is 1. The number of piperidine rings is 1. The van der Waals surface area contributed by atoms with Gasteiger partial charge in [-0.25, -0.2) is 4.98 Å². The van der Waals surface area contributed by atoms with Crippen LogP contribution in [0.15, 0.2) is 60.8 Å². The maximum Gasteiger partial charge on any atom is 0.229 e. The van der Waals surface area contributed by atoms with E-state index < -0.39 is 0 Å². The van der Waals surface area contributed by atoms with Crippen molar-refractivity contribution in [3.8, 4) is 5.75 Å². The molecule has 1 atom stereocenters. The van der Waals surface area contributed by atoms with E-state index in [0.29, 0.717) is 19.0 Å². The first-order valence-corrected chi connectivity index (χ1v) is 10.9. The minimum absolute atomic E-state index is 0.0536. The molecule has 0 spiro atoms. The average Bonchev–Trinajstić information content (AvgIpc) is 2.84. The Hall–Kier alpha value is -3.61. The Morgan fingerprint density at radius 2 is 1.91 bits per heavy atom. The number of nitrogens with one attached hydrogen (secondary N) is 2. The highest BCUT2D eigenvalue weighted by Crippen LogP contribution is 2.24. The molecule has 32 heavy (non-hydrogen) atoms. The van der Waals surface area contributed by atoms with Crippen LogP contribution in [0.2, 0.25) is 0 Å². The molecule has 4 rings (SSSR count). The first-order chi connectivity index (χ1) is 15.6. The topological polar surface area (TPSA) is 79.4 Å². The van der Waals surface area contributed by atoms with Gasteiger partial charge >= 0.3 is 0 Å². The summed E-state index contributed by atoms with van der Waals surface area (Å²) in [6.45, 7) is 4.14. The molecule has 3 aromatic rings. The van der Waals surface area contributed by atoms with E-state index >= 15 is 0 Å². The number of methoxy groups -OCH3 is 1. The molecule has 1 saturated heterocycles. The Balaban J connectivity index is 1.36. The second-order valence-electron chi connectivity index (χ2n) is 8.08. The lowest BCUT2D eigenvalue weighted by Gasteiger charge is -2.33. The summed E-state index contributed by atoms with van der Waals surface area (Å²) in [5.74, 6) is 2.19. The van der Waals surface area contributed by atoms with Crippen LogP contribution in [0, 0.1) is 12.8 Å². The smallest absolute Gasteiger partial charge is 0.229 e. The number of benzene rings is 2. The lowest BCUT2D eigenvalue weighted by molar-refractivity contribution is -0.125. The minimum Gasteiger partial charge on any atom is -0.497 e. The molecule has 1 amide bonds. The molecule has 1 aliphatic heterocycles. The predicted octanol–water partition coefficient (Wildman–Crippen LogP) is 4.07. The molecule has 0 bridgehead atoms. The molecular weight excluding hydrogens is 402 g/mol. The number of ether oxygens (including phenoxy) is 1. The second-order valence-corrected chi connectivity index (χ2v) is 8.08. The minimum atomic E-state index is -0.0536. The molecule has 2 N–H and O–H groups in total. The van der Waals surface area contributed by atoms with Gasteiger partial charge in [0.25, 0.3) is 0 Å². The number of aromatic nitrogens is 2. The van der Waals surface area contributed by atoms with Crippen molar-refractivity contribution in [2.75, 3.05) is 30.4 Å². The molecule has 2 aromatic carbocycles. The predicted molar refractivity (Wildman–Crippen MR) is 126 cm³/mol. The van der Waals surface area contributed by atoms with Crippen LogP contribution < -0.4 is 20.3 Å². The van der Waals surface area contributed by atoms with Crippen molar-refractivity contribution in [1.82, 2.24) is 15.3 Å². The summed E-state index contributed by atoms with van der Waals surface area (Å²) < 4.78 is 5.20. The van der Waals surface area contributed by atoms with Gasteiger partial charge in [-0.15, -0.1) is 0 Å². The number of aryl methyl sites for hydroxylation is 1. The van der Waals surface area contributed by atoms with Gasteiger partial charge in [0.05, 0.1) is 13.0 Å². The molecular formula is C25H29N5O2. The van der Waals surface area contributed by atoms with Crippen LogP contribution >= 0.6 is 0 Å². The summed E-state index contributed by atoms with van der Waals surface area (Å²) in [4.78, 5) is 24.0. The number of rotatable bonds is 7. The molecule has 0 radical (unpaired) electrons. The first-order valence-electron chi connectivity index (χ1n) is 10.9. The Morgan fingerprint density at radius 3 is 2.66 bits per heavy atom. The molecule has 0 unspecified atom stereocenters. The Labute approximate surface area is 188 Å². The van der Waals surface area contributed by atoms with Crippen molar-refractivity contribution in [3.63, 3.8) is 0 Å². The summed E-state index contributed by atoms with van der Waals surface area (Å²) in [5, 5.41) is 6.32. The number of carbonyl (C=O) groups is 1. The molecule has 7 heteroatoms. The van der Waals surface area contributed by atoms with Crippen LogP contribution in [0.25, 0.3) is 0 Å². The second kappa shape index (κ2) is 10.1. The number of amides is 1. The van der Waals surface area contributed by atoms with E-state index in [0.717, 1.165) is 42.2 Å². The summed E-state index contributed by atoms with van der Waals surface area (Å²) in [5.41, 5.74) is 3.21. The van der Waals surface area contributed by atoms with E-state index in [1.807, 2.05) is 30.3 Å². The van der Waals surface area contributed by atoms with Gasteiger partial charge in [0.1, 0.15) is 11.6 Å². The summed E-state index contributed by atoms with van der Waals surface area (Å²) >= 11 is 0. The molecule has 2 heterocycles. The van der Waals surface area contributed by atoms with E-state index in [4.69, 9.17) is 4.74 Å². The quantitative estimate of drug-likeness (QED) is 0.587. The van der Waals surface area contributed by atoms with Crippen LogP contribution in [0.4, 0.5) is 17.5 Å². The zero-order valence-electron chi connectivity index (χ0n) is 18.5. The monoisotopic (exact) mass is 431 g/mol. The Morgan fingerprint density at radius 1 is 1.12 bits per heavy atom. The van der Waals surface area contributed by atoms with Crippen LogP contribution in [0.5, 0.6) is 5.75 Å². The standard InChI is InChI=1S/C25H29N5O2/c1-18-5-7-19(8-6-18)16-27-24(31)20-4-3-15-30(17-20)23-13-14-26-25(29-23)28-21-9-11-22(32-2)12-10-21/h5-14,20H,3-4,15-17H2,1-2H3,(H,27,31)(H,26,28,29)/t20-/m0/s1. The number of hydrogen-bond acceptors (Lipinski definition) is 6. The van der Waals surface area contributed by atoms with Crippen molar-refractivity contribution in [2.24, 2.45) is 5.92 Å². The van der Waals surface area contributed by atoms with Crippen molar-refractivity contribution in [3.05, 3.63) is 71.9 Å². The van der Waals surface area contributed by atoms with Crippen LogP contribution in [0.3, 0.4) is 0 Å². The third-order valence-corrected chi connectivity index (χ3v) is 5.69. The van der Waals surface area contributed by atoms with Gasteiger partial charge in [-0.1, -0.05) is 29.8 Å². The summed E-state index contributed by atoms with van der Waals surface area (Å²) in [7, 11) is 1.64. The van der Waals surface area contributed by atoms with Gasteiger partial charge in [-0.3, -0.25) is 4.79 Å². The van der Waals surface area contributed by atoms with Gasteiger partial charge < -0.3 is 20.3 Å². The highest BCUT2D eigenvalue weighted by Gasteiger charge is 2.26. The van der Waals surface area contributed by atoms with Gasteiger partial charge in [-0.2, -0.15) is 4.98 Å². The van der Waals surface area contributed by atoms with Gasteiger partial charge in [0, 0.05) is 31.5 Å². The number of anilines is 3. The van der Waals surface area contributed by atoms with E-state index in [2.05, 4.69) is 56.7 Å². The van der Waals surface area contributed by atoms with Crippen molar-refractivity contribution in [2.45, 2.75) is 26.3 Å². The summed E-state index contributed by atoms with van der Waals surface area (Å²) in [6, 6.07) is 17.8. The van der Waals surface area contributed by atoms with Crippen molar-refractivity contribution < 1.29 is 9.53 Å². The average molecular weight is 432 g/mol. The van der Waals surface area contributed by atoms with E-state index in [9.17, 15) is 4.79 Å². The van der Waals surface area contributed by atoms with Crippen molar-refractivity contribution in [1.29, 1.82) is 0 Å². The van der Waals surface area contributed by atoms with E-state index in [1.54, 1.807) is 13.3 Å². The largest absolute Gasteiger partial charge is 0.497 e. The fourth-order valence-corrected chi connectivity index (χ4v) is 3.83. The molecule has 7 nitrogen and oxygen atoms in total. The Kier molecular flexibility index (Phi) is 6.84. The first kappa shape index (κ1) is 21.6. The SMILES string of the molecule is COc1ccc(Nc2nccc(N3CCC[C@H](C(=O)NCc4ccc(C)cc4)C3)n2)cc1. The van der Waals surface area contributed by atoms with E-state index in [-0.39, 0.29) is 11.8 Å². The lowest BCUT2D eigenvalue weighted by Crippen LogP contribution is -2.43. The maximum atomic E-state index is 12.8. The third kappa shape index (κ3) is 5.55. The highest BCUT2D eigenvalue weighted by molar-refractivity contribution is 5.79. The van der Waals surface area contributed by atoms with Crippen LogP contribution in [-0.2, 0) is 11.3 Å². The fraction of sp³-hybridized carbons (Fsp3) is 0.320. The van der Waals surface area contributed by atoms with Crippen LogP contribution in [-0.4, -0.2) is 36.1 Å². The summed E-state index contributed by atoms with van der Waals surface area (Å²) in [6.07, 6.45) is 3.58. The van der Waals surface area contributed by atoms with Crippen molar-refractivity contribution >= 4 is 23.4 Å².